The number of hydrogen-bond acceptors (Lipinski definition) is 2. The van der Waals surface area contributed by atoms with Gasteiger partial charge in [-0.2, -0.15) is 0 Å². The molecule has 0 fully saturated rings. The first-order valence-electron chi connectivity index (χ1n) is 7.03. The number of benzene rings is 2. The van der Waals surface area contributed by atoms with Crippen LogP contribution in [-0.2, 0) is 11.3 Å². The van der Waals surface area contributed by atoms with Gasteiger partial charge in [0.25, 0.3) is 0 Å². The molecule has 0 amide bonds. The molecule has 3 nitrogen and oxygen atoms in total. The smallest absolute Gasteiger partial charge is 0.173 e. The van der Waals surface area contributed by atoms with Gasteiger partial charge in [-0.25, -0.2) is 4.39 Å². The van der Waals surface area contributed by atoms with Gasteiger partial charge in [0.05, 0.1) is 6.61 Å². The Morgan fingerprint density at radius 2 is 1.82 bits per heavy atom. The maximum Gasteiger partial charge on any atom is 0.173 e. The molecular formula is C17H19FN2OS. The molecule has 0 bridgehead atoms. The molecule has 0 radical (unpaired) electrons. The third-order valence-corrected chi connectivity index (χ3v) is 3.52. The van der Waals surface area contributed by atoms with Crippen molar-refractivity contribution >= 4 is 23.0 Å². The number of anilines is 1. The van der Waals surface area contributed by atoms with Gasteiger partial charge in [0, 0.05) is 25.9 Å². The lowest BCUT2D eigenvalue weighted by atomic mass is 10.2. The van der Waals surface area contributed by atoms with E-state index in [-0.39, 0.29) is 5.82 Å². The van der Waals surface area contributed by atoms with Gasteiger partial charge in [0.1, 0.15) is 5.82 Å². The van der Waals surface area contributed by atoms with Crippen LogP contribution < -0.4 is 5.32 Å². The van der Waals surface area contributed by atoms with Crippen LogP contribution in [0.1, 0.15) is 5.56 Å². The highest BCUT2D eigenvalue weighted by Crippen LogP contribution is 2.11. The van der Waals surface area contributed by atoms with Gasteiger partial charge >= 0.3 is 0 Å². The van der Waals surface area contributed by atoms with Gasteiger partial charge in [-0.1, -0.05) is 30.3 Å². The summed E-state index contributed by atoms with van der Waals surface area (Å²) in [6, 6.07) is 16.2. The molecule has 2 aromatic carbocycles. The van der Waals surface area contributed by atoms with Crippen molar-refractivity contribution in [1.29, 1.82) is 0 Å². The van der Waals surface area contributed by atoms with Gasteiger partial charge in [-0.3, -0.25) is 0 Å². The van der Waals surface area contributed by atoms with E-state index in [1.165, 1.54) is 17.7 Å². The minimum absolute atomic E-state index is 0.267. The second kappa shape index (κ2) is 8.46. The van der Waals surface area contributed by atoms with Crippen molar-refractivity contribution in [3.05, 3.63) is 66.0 Å². The van der Waals surface area contributed by atoms with E-state index < -0.39 is 0 Å². The van der Waals surface area contributed by atoms with Gasteiger partial charge in [0.15, 0.2) is 5.11 Å². The SMILES string of the molecule is COCCN(Cc1ccccc1)C(=S)Nc1ccc(F)cc1. The Kier molecular flexibility index (Phi) is 6.30. The lowest BCUT2D eigenvalue weighted by Crippen LogP contribution is -2.36. The standard InChI is InChI=1S/C17H19FN2OS/c1-21-12-11-20(13-14-5-3-2-4-6-14)17(22)19-16-9-7-15(18)8-10-16/h2-10H,11-13H2,1H3,(H,19,22). The molecule has 0 atom stereocenters. The Morgan fingerprint density at radius 1 is 1.14 bits per heavy atom. The van der Waals surface area contributed by atoms with Crippen LogP contribution in [0.15, 0.2) is 54.6 Å². The lowest BCUT2D eigenvalue weighted by molar-refractivity contribution is 0.175. The number of methoxy groups -OCH3 is 1. The number of thiocarbonyl (C=S) groups is 1. The van der Waals surface area contributed by atoms with Crippen molar-refractivity contribution in [3.8, 4) is 0 Å². The summed E-state index contributed by atoms with van der Waals surface area (Å²) in [6.45, 7) is 1.95. The van der Waals surface area contributed by atoms with E-state index in [9.17, 15) is 4.39 Å². The molecule has 116 valence electrons. The maximum atomic E-state index is 12.9. The molecule has 0 aliphatic heterocycles. The van der Waals surface area contributed by atoms with Crippen LogP contribution >= 0.6 is 12.2 Å². The summed E-state index contributed by atoms with van der Waals surface area (Å²) >= 11 is 5.47. The summed E-state index contributed by atoms with van der Waals surface area (Å²) < 4.78 is 18.1. The molecule has 1 N–H and O–H groups in total. The Bertz CT molecular complexity index is 589. The van der Waals surface area contributed by atoms with E-state index in [1.54, 1.807) is 19.2 Å². The molecule has 0 spiro atoms. The molecule has 0 heterocycles. The van der Waals surface area contributed by atoms with Crippen molar-refractivity contribution in [1.82, 2.24) is 4.90 Å². The number of rotatable bonds is 6. The summed E-state index contributed by atoms with van der Waals surface area (Å²) in [5.41, 5.74) is 1.93. The average molecular weight is 318 g/mol. The molecule has 2 rings (SSSR count). The molecule has 0 saturated heterocycles. The first kappa shape index (κ1) is 16.4. The first-order valence-corrected chi connectivity index (χ1v) is 7.44. The van der Waals surface area contributed by atoms with Crippen LogP contribution in [0.4, 0.5) is 10.1 Å². The van der Waals surface area contributed by atoms with Crippen LogP contribution in [0.2, 0.25) is 0 Å². The fourth-order valence-corrected chi connectivity index (χ4v) is 2.27. The van der Waals surface area contributed by atoms with Crippen molar-refractivity contribution in [3.63, 3.8) is 0 Å². The average Bonchev–Trinajstić information content (AvgIpc) is 2.54. The number of halogens is 1. The van der Waals surface area contributed by atoms with Crippen LogP contribution in [0.3, 0.4) is 0 Å². The highest BCUT2D eigenvalue weighted by Gasteiger charge is 2.10. The number of ether oxygens (including phenoxy) is 1. The zero-order valence-corrected chi connectivity index (χ0v) is 13.3. The lowest BCUT2D eigenvalue weighted by Gasteiger charge is -2.25. The summed E-state index contributed by atoms with van der Waals surface area (Å²) in [4.78, 5) is 2.03. The Hall–Kier alpha value is -1.98. The maximum absolute atomic E-state index is 12.9. The van der Waals surface area contributed by atoms with Crippen LogP contribution in [0.5, 0.6) is 0 Å². The summed E-state index contributed by atoms with van der Waals surface area (Å²) in [5, 5.41) is 3.72. The molecule has 0 aliphatic rings. The minimum Gasteiger partial charge on any atom is -0.383 e. The van der Waals surface area contributed by atoms with E-state index in [0.717, 1.165) is 5.69 Å². The molecule has 5 heteroatoms. The number of nitrogens with one attached hydrogen (secondary N) is 1. The highest BCUT2D eigenvalue weighted by atomic mass is 32.1. The first-order chi connectivity index (χ1) is 10.7. The van der Waals surface area contributed by atoms with Crippen molar-refractivity contribution in [2.45, 2.75) is 6.54 Å². The minimum atomic E-state index is -0.267. The summed E-state index contributed by atoms with van der Waals surface area (Å²) in [7, 11) is 1.66. The highest BCUT2D eigenvalue weighted by molar-refractivity contribution is 7.80. The van der Waals surface area contributed by atoms with E-state index in [1.807, 2.05) is 23.1 Å². The third kappa shape index (κ3) is 5.09. The second-order valence-electron chi connectivity index (χ2n) is 4.84. The summed E-state index contributed by atoms with van der Waals surface area (Å²) in [6.07, 6.45) is 0. The molecule has 0 saturated carbocycles. The molecule has 0 unspecified atom stereocenters. The predicted octanol–water partition coefficient (Wildman–Crippen LogP) is 3.67. The van der Waals surface area contributed by atoms with Crippen LogP contribution in [0, 0.1) is 5.82 Å². The number of nitrogens with zero attached hydrogens (tertiary/aromatic N) is 1. The van der Waals surface area contributed by atoms with E-state index >= 15 is 0 Å². The van der Waals surface area contributed by atoms with E-state index in [2.05, 4.69) is 17.4 Å². The van der Waals surface area contributed by atoms with Gasteiger partial charge in [-0.05, 0) is 42.0 Å². The Balaban J connectivity index is 2.03. The molecule has 22 heavy (non-hydrogen) atoms. The largest absolute Gasteiger partial charge is 0.383 e. The van der Waals surface area contributed by atoms with Crippen LogP contribution in [-0.4, -0.2) is 30.3 Å². The predicted molar refractivity (Wildman–Crippen MR) is 91.3 cm³/mol. The van der Waals surface area contributed by atoms with Crippen molar-refractivity contribution in [2.75, 3.05) is 25.6 Å². The zero-order valence-electron chi connectivity index (χ0n) is 12.5. The molecule has 0 aromatic heterocycles. The Morgan fingerprint density at radius 3 is 2.45 bits per heavy atom. The second-order valence-corrected chi connectivity index (χ2v) is 5.22. The van der Waals surface area contributed by atoms with Crippen molar-refractivity contribution < 1.29 is 9.13 Å². The van der Waals surface area contributed by atoms with E-state index in [4.69, 9.17) is 17.0 Å². The van der Waals surface area contributed by atoms with Gasteiger partial charge in [-0.15, -0.1) is 0 Å². The zero-order chi connectivity index (χ0) is 15.8. The monoisotopic (exact) mass is 318 g/mol. The topological polar surface area (TPSA) is 24.5 Å². The van der Waals surface area contributed by atoms with Gasteiger partial charge in [0.2, 0.25) is 0 Å². The van der Waals surface area contributed by atoms with Crippen molar-refractivity contribution in [2.24, 2.45) is 0 Å². The van der Waals surface area contributed by atoms with Crippen LogP contribution in [0.25, 0.3) is 0 Å². The molecule has 2 aromatic rings. The summed E-state index contributed by atoms with van der Waals surface area (Å²) in [5.74, 6) is -0.267. The normalized spacial score (nSPS) is 10.3. The van der Waals surface area contributed by atoms with E-state index in [0.29, 0.717) is 24.8 Å². The fourth-order valence-electron chi connectivity index (χ4n) is 1.99. The Labute approximate surface area is 135 Å². The fraction of sp³-hybridized carbons (Fsp3) is 0.235. The number of hydrogen-bond donors (Lipinski definition) is 1. The quantitative estimate of drug-likeness (QED) is 0.821. The molecule has 0 aliphatic carbocycles. The third-order valence-electron chi connectivity index (χ3n) is 3.16. The molecular weight excluding hydrogens is 299 g/mol. The van der Waals surface area contributed by atoms with Gasteiger partial charge < -0.3 is 15.0 Å².